The number of carbonyl (C=O) groups is 1. The smallest absolute Gasteiger partial charge is 0.365 e. The molecule has 0 amide bonds. The molecule has 0 aromatic rings. The second-order valence-electron chi connectivity index (χ2n) is 1.89. The summed E-state index contributed by atoms with van der Waals surface area (Å²) in [6.07, 6.45) is 0.753. The van der Waals surface area contributed by atoms with Gasteiger partial charge in [0.1, 0.15) is 5.31 Å². The lowest BCUT2D eigenvalue weighted by atomic mass is 10.6. The highest BCUT2D eigenvalue weighted by molar-refractivity contribution is 7.59. The summed E-state index contributed by atoms with van der Waals surface area (Å²) in [5, 5.41) is 9.81. The van der Waals surface area contributed by atoms with Crippen molar-refractivity contribution < 1.29 is 28.3 Å². The van der Waals surface area contributed by atoms with Crippen molar-refractivity contribution in [3.05, 3.63) is 11.6 Å². The fraction of sp³-hybridized carbons (Fsp3) is 0.500. The van der Waals surface area contributed by atoms with Gasteiger partial charge in [0, 0.05) is 14.2 Å². The van der Waals surface area contributed by atoms with Crippen LogP contribution in [0.1, 0.15) is 0 Å². The standard InChI is InChI=1S/C6H11O6P/c1-10-4-5(6(7)8)13(9,11-2)12-3/h4H,1-3H3,(H,7,8)/p-1/b5-4-. The zero-order valence-corrected chi connectivity index (χ0v) is 8.37. The molecule has 76 valence electrons. The number of aliphatic carboxylic acids is 1. The van der Waals surface area contributed by atoms with Gasteiger partial charge < -0.3 is 23.7 Å². The Balaban J connectivity index is 5.05. The van der Waals surface area contributed by atoms with Gasteiger partial charge in [-0.1, -0.05) is 0 Å². The lowest BCUT2D eigenvalue weighted by Crippen LogP contribution is -2.25. The van der Waals surface area contributed by atoms with E-state index in [1.807, 2.05) is 0 Å². The predicted molar refractivity (Wildman–Crippen MR) is 41.7 cm³/mol. The lowest BCUT2D eigenvalue weighted by molar-refractivity contribution is -0.298. The van der Waals surface area contributed by atoms with Gasteiger partial charge in [-0.15, -0.1) is 0 Å². The van der Waals surface area contributed by atoms with Crippen LogP contribution in [0.15, 0.2) is 11.6 Å². The highest BCUT2D eigenvalue weighted by atomic mass is 31.2. The molecule has 0 aromatic heterocycles. The van der Waals surface area contributed by atoms with Crippen molar-refractivity contribution in [1.82, 2.24) is 0 Å². The molecular formula is C6H10O6P-. The quantitative estimate of drug-likeness (QED) is 0.351. The van der Waals surface area contributed by atoms with Crippen molar-refractivity contribution in [2.75, 3.05) is 21.3 Å². The Morgan fingerprint density at radius 3 is 2.00 bits per heavy atom. The number of carboxylic acid groups (broad SMARTS) is 1. The Kier molecular flexibility index (Phi) is 4.69. The largest absolute Gasteiger partial charge is 0.544 e. The average Bonchev–Trinajstić information content (AvgIpc) is 2.12. The summed E-state index contributed by atoms with van der Waals surface area (Å²) < 4.78 is 24.7. The van der Waals surface area contributed by atoms with Crippen LogP contribution in [0.3, 0.4) is 0 Å². The molecular weight excluding hydrogens is 199 g/mol. The van der Waals surface area contributed by atoms with Gasteiger partial charge in [0.05, 0.1) is 19.3 Å². The van der Waals surface area contributed by atoms with E-state index in [2.05, 4.69) is 13.8 Å². The summed E-state index contributed by atoms with van der Waals surface area (Å²) >= 11 is 0. The first kappa shape index (κ1) is 12.2. The van der Waals surface area contributed by atoms with Gasteiger partial charge in [-0.2, -0.15) is 0 Å². The third-order valence-corrected chi connectivity index (χ3v) is 3.05. The average molecular weight is 209 g/mol. The van der Waals surface area contributed by atoms with Crippen molar-refractivity contribution in [2.24, 2.45) is 0 Å². The highest BCUT2D eigenvalue weighted by Crippen LogP contribution is 2.54. The number of ether oxygens (including phenoxy) is 1. The highest BCUT2D eigenvalue weighted by Gasteiger charge is 2.29. The molecule has 0 saturated heterocycles. The molecule has 0 atom stereocenters. The summed E-state index contributed by atoms with van der Waals surface area (Å²) in [5.74, 6) is -1.66. The molecule has 0 bridgehead atoms. The number of methoxy groups -OCH3 is 1. The van der Waals surface area contributed by atoms with Crippen LogP contribution in [0.25, 0.3) is 0 Å². The van der Waals surface area contributed by atoms with Gasteiger partial charge in [-0.3, -0.25) is 4.57 Å². The van der Waals surface area contributed by atoms with E-state index < -0.39 is 18.9 Å². The summed E-state index contributed by atoms with van der Waals surface area (Å²) in [5.41, 5.74) is 0. The summed E-state index contributed by atoms with van der Waals surface area (Å²) in [6.45, 7) is 0. The first-order valence-corrected chi connectivity index (χ1v) is 4.72. The molecule has 0 heterocycles. The molecule has 0 saturated carbocycles. The van der Waals surface area contributed by atoms with E-state index in [9.17, 15) is 14.5 Å². The van der Waals surface area contributed by atoms with Crippen molar-refractivity contribution >= 4 is 13.6 Å². The van der Waals surface area contributed by atoms with Gasteiger partial charge in [-0.25, -0.2) is 0 Å². The molecule has 0 rings (SSSR count). The Bertz CT molecular complexity index is 250. The maximum absolute atomic E-state index is 11.5. The molecule has 6 nitrogen and oxygen atoms in total. The number of rotatable bonds is 5. The van der Waals surface area contributed by atoms with E-state index in [4.69, 9.17) is 0 Å². The molecule has 0 aliphatic heterocycles. The van der Waals surface area contributed by atoms with Crippen molar-refractivity contribution in [3.8, 4) is 0 Å². The minimum atomic E-state index is -3.79. The van der Waals surface area contributed by atoms with Gasteiger partial charge in [0.2, 0.25) is 0 Å². The second kappa shape index (κ2) is 5.01. The monoisotopic (exact) mass is 209 g/mol. The zero-order chi connectivity index (χ0) is 10.5. The van der Waals surface area contributed by atoms with Gasteiger partial charge in [-0.05, 0) is 0 Å². The number of hydrogen-bond acceptors (Lipinski definition) is 6. The topological polar surface area (TPSA) is 84.9 Å². The van der Waals surface area contributed by atoms with Crippen LogP contribution < -0.4 is 5.11 Å². The summed E-state index contributed by atoms with van der Waals surface area (Å²) in [6, 6.07) is 0. The van der Waals surface area contributed by atoms with Crippen molar-refractivity contribution in [2.45, 2.75) is 0 Å². The number of carbonyl (C=O) groups excluding carboxylic acids is 1. The molecule has 0 fully saturated rings. The van der Waals surface area contributed by atoms with Crippen LogP contribution >= 0.6 is 7.60 Å². The molecule has 0 unspecified atom stereocenters. The predicted octanol–water partition coefficient (Wildman–Crippen LogP) is -0.290. The first-order valence-electron chi connectivity index (χ1n) is 3.18. The van der Waals surface area contributed by atoms with Gasteiger partial charge in [0.25, 0.3) is 0 Å². The Labute approximate surface area is 75.6 Å². The molecule has 0 aromatic carbocycles. The van der Waals surface area contributed by atoms with Gasteiger partial charge in [0.15, 0.2) is 0 Å². The van der Waals surface area contributed by atoms with E-state index in [0.29, 0.717) is 0 Å². The minimum Gasteiger partial charge on any atom is -0.544 e. The zero-order valence-electron chi connectivity index (χ0n) is 7.47. The third-order valence-electron chi connectivity index (χ3n) is 1.21. The summed E-state index contributed by atoms with van der Waals surface area (Å²) in [4.78, 5) is 10.5. The number of hydrogen-bond donors (Lipinski definition) is 0. The Morgan fingerprint density at radius 2 is 1.77 bits per heavy atom. The molecule has 0 radical (unpaired) electrons. The Hall–Kier alpha value is -0.840. The van der Waals surface area contributed by atoms with Crippen LogP contribution in [-0.2, 0) is 23.1 Å². The second-order valence-corrected chi connectivity index (χ2v) is 4.10. The van der Waals surface area contributed by atoms with E-state index in [1.165, 1.54) is 7.11 Å². The van der Waals surface area contributed by atoms with Crippen molar-refractivity contribution in [1.29, 1.82) is 0 Å². The van der Waals surface area contributed by atoms with E-state index in [0.717, 1.165) is 20.5 Å². The van der Waals surface area contributed by atoms with Gasteiger partial charge >= 0.3 is 7.60 Å². The van der Waals surface area contributed by atoms with Crippen LogP contribution in [0, 0.1) is 0 Å². The minimum absolute atomic E-state index is 0.653. The molecule has 0 spiro atoms. The SMILES string of the molecule is CO/C=C(/C(=O)[O-])P(=O)(OC)OC. The van der Waals surface area contributed by atoms with E-state index >= 15 is 0 Å². The van der Waals surface area contributed by atoms with E-state index in [-0.39, 0.29) is 0 Å². The molecule has 7 heteroatoms. The maximum atomic E-state index is 11.5. The number of carboxylic acids is 1. The van der Waals surface area contributed by atoms with Crippen LogP contribution in [0.2, 0.25) is 0 Å². The summed E-state index contributed by atoms with van der Waals surface area (Å²) in [7, 11) is -0.451. The normalized spacial score (nSPS) is 12.7. The Morgan fingerprint density at radius 1 is 1.31 bits per heavy atom. The fourth-order valence-corrected chi connectivity index (χ4v) is 1.61. The maximum Gasteiger partial charge on any atom is 0.365 e. The van der Waals surface area contributed by atoms with Crippen molar-refractivity contribution in [3.63, 3.8) is 0 Å². The first-order chi connectivity index (χ1) is 6.01. The van der Waals surface area contributed by atoms with E-state index in [1.54, 1.807) is 0 Å². The molecule has 0 N–H and O–H groups in total. The molecule has 0 aliphatic carbocycles. The van der Waals surface area contributed by atoms with Crippen LogP contribution in [0.4, 0.5) is 0 Å². The lowest BCUT2D eigenvalue weighted by Gasteiger charge is -2.16. The van der Waals surface area contributed by atoms with Crippen LogP contribution in [0.5, 0.6) is 0 Å². The fourth-order valence-electron chi connectivity index (χ4n) is 0.607. The molecule has 13 heavy (non-hydrogen) atoms. The third kappa shape index (κ3) is 2.84. The molecule has 0 aliphatic rings. The van der Waals surface area contributed by atoms with Crippen LogP contribution in [-0.4, -0.2) is 27.3 Å².